The second kappa shape index (κ2) is 8.08. The summed E-state index contributed by atoms with van der Waals surface area (Å²) in [6.45, 7) is 0.335. The van der Waals surface area contributed by atoms with Gasteiger partial charge in [-0.05, 0) is 29.8 Å². The number of halogens is 1. The van der Waals surface area contributed by atoms with Gasteiger partial charge < -0.3 is 10.2 Å². The number of hydrogen-bond donors (Lipinski definition) is 1. The first-order valence-corrected chi connectivity index (χ1v) is 10.0. The number of amides is 2. The molecule has 2 amide bonds. The second-order valence-electron chi connectivity index (χ2n) is 6.53. The van der Waals surface area contributed by atoms with E-state index in [1.807, 2.05) is 30.3 Å². The Kier molecular flexibility index (Phi) is 5.36. The molecule has 1 aliphatic heterocycles. The number of carbonyl (C=O) groups excluding carboxylic acids is 2. The fourth-order valence-electron chi connectivity index (χ4n) is 3.11. The highest BCUT2D eigenvalue weighted by molar-refractivity contribution is 7.15. The first-order valence-electron chi connectivity index (χ1n) is 8.81. The van der Waals surface area contributed by atoms with E-state index in [4.69, 9.17) is 11.6 Å². The van der Waals surface area contributed by atoms with E-state index in [0.717, 1.165) is 16.3 Å². The van der Waals surface area contributed by atoms with Crippen molar-refractivity contribution < 1.29 is 9.59 Å². The maximum atomic E-state index is 12.6. The van der Waals surface area contributed by atoms with Gasteiger partial charge >= 0.3 is 0 Å². The summed E-state index contributed by atoms with van der Waals surface area (Å²) in [6, 6.07) is 17.0. The minimum absolute atomic E-state index is 0.0792. The van der Waals surface area contributed by atoms with Gasteiger partial charge in [0.05, 0.1) is 5.92 Å². The number of rotatable bonds is 5. The summed E-state index contributed by atoms with van der Waals surface area (Å²) >= 11 is 7.24. The van der Waals surface area contributed by atoms with E-state index in [9.17, 15) is 9.59 Å². The van der Waals surface area contributed by atoms with Crippen molar-refractivity contribution in [3.63, 3.8) is 0 Å². The summed E-state index contributed by atoms with van der Waals surface area (Å²) in [6.07, 6.45) is 0.838. The lowest BCUT2D eigenvalue weighted by molar-refractivity contribution is -0.122. The lowest BCUT2D eigenvalue weighted by Gasteiger charge is -2.16. The van der Waals surface area contributed by atoms with E-state index in [1.165, 1.54) is 11.3 Å². The molecule has 0 spiro atoms. The molecule has 1 atom stereocenters. The maximum absolute atomic E-state index is 12.6. The van der Waals surface area contributed by atoms with Crippen molar-refractivity contribution in [1.29, 1.82) is 0 Å². The molecule has 2 heterocycles. The number of aromatic nitrogens is 2. The molecule has 0 aliphatic carbocycles. The molecule has 6 nitrogen and oxygen atoms in total. The van der Waals surface area contributed by atoms with Crippen LogP contribution in [-0.2, 0) is 16.0 Å². The molecule has 1 N–H and O–H groups in total. The van der Waals surface area contributed by atoms with Crippen LogP contribution in [0.25, 0.3) is 0 Å². The van der Waals surface area contributed by atoms with Crippen molar-refractivity contribution >= 4 is 45.6 Å². The average molecular weight is 413 g/mol. The third kappa shape index (κ3) is 4.21. The van der Waals surface area contributed by atoms with Crippen LogP contribution < -0.4 is 10.2 Å². The Morgan fingerprint density at radius 2 is 1.89 bits per heavy atom. The topological polar surface area (TPSA) is 75.2 Å². The third-order valence-corrected chi connectivity index (χ3v) is 5.62. The van der Waals surface area contributed by atoms with E-state index in [1.54, 1.807) is 29.2 Å². The minimum atomic E-state index is -0.426. The van der Waals surface area contributed by atoms with Crippen LogP contribution in [0.3, 0.4) is 0 Å². The van der Waals surface area contributed by atoms with E-state index >= 15 is 0 Å². The largest absolute Gasteiger partial charge is 0.312 e. The van der Waals surface area contributed by atoms with Crippen LogP contribution in [0.4, 0.5) is 10.8 Å². The summed E-state index contributed by atoms with van der Waals surface area (Å²) in [5.41, 5.74) is 1.88. The monoisotopic (exact) mass is 412 g/mol. The molecule has 28 heavy (non-hydrogen) atoms. The molecule has 4 rings (SSSR count). The predicted molar refractivity (Wildman–Crippen MR) is 110 cm³/mol. The van der Waals surface area contributed by atoms with Gasteiger partial charge in [0.25, 0.3) is 0 Å². The number of carbonyl (C=O) groups is 2. The van der Waals surface area contributed by atoms with Gasteiger partial charge in [-0.2, -0.15) is 0 Å². The Morgan fingerprint density at radius 3 is 2.64 bits per heavy atom. The lowest BCUT2D eigenvalue weighted by atomic mass is 10.1. The van der Waals surface area contributed by atoms with Gasteiger partial charge in [-0.25, -0.2) is 0 Å². The highest BCUT2D eigenvalue weighted by atomic mass is 35.5. The average Bonchev–Trinajstić information content (AvgIpc) is 3.30. The van der Waals surface area contributed by atoms with Crippen LogP contribution in [0.1, 0.15) is 17.0 Å². The van der Waals surface area contributed by atoms with Crippen LogP contribution >= 0.6 is 22.9 Å². The summed E-state index contributed by atoms with van der Waals surface area (Å²) in [4.78, 5) is 26.5. The second-order valence-corrected chi connectivity index (χ2v) is 8.03. The third-order valence-electron chi connectivity index (χ3n) is 4.53. The highest BCUT2D eigenvalue weighted by Crippen LogP contribution is 2.27. The molecule has 0 bridgehead atoms. The number of nitrogens with zero attached hydrogens (tertiary/aromatic N) is 3. The minimum Gasteiger partial charge on any atom is -0.312 e. The van der Waals surface area contributed by atoms with Gasteiger partial charge in [0.2, 0.25) is 16.9 Å². The molecule has 0 unspecified atom stereocenters. The summed E-state index contributed by atoms with van der Waals surface area (Å²) in [5.74, 6) is -0.721. The molecule has 1 aromatic heterocycles. The maximum Gasteiger partial charge on any atom is 0.231 e. The normalized spacial score (nSPS) is 16.4. The van der Waals surface area contributed by atoms with Crippen LogP contribution in [0.2, 0.25) is 5.02 Å². The predicted octanol–water partition coefficient (Wildman–Crippen LogP) is 3.77. The molecule has 1 fully saturated rings. The highest BCUT2D eigenvalue weighted by Gasteiger charge is 2.35. The van der Waals surface area contributed by atoms with Crippen molar-refractivity contribution in [3.8, 4) is 0 Å². The summed E-state index contributed by atoms with van der Waals surface area (Å²) in [5, 5.41) is 12.9. The molecule has 1 aliphatic rings. The number of anilines is 2. The van der Waals surface area contributed by atoms with Crippen molar-refractivity contribution in [2.45, 2.75) is 12.8 Å². The number of nitrogens with one attached hydrogen (secondary N) is 1. The summed E-state index contributed by atoms with van der Waals surface area (Å²) in [7, 11) is 0. The molecule has 8 heteroatoms. The van der Waals surface area contributed by atoms with Gasteiger partial charge in [-0.3, -0.25) is 9.59 Å². The molecule has 3 aromatic rings. The van der Waals surface area contributed by atoms with Gasteiger partial charge in [-0.1, -0.05) is 53.3 Å². The Morgan fingerprint density at radius 1 is 1.14 bits per heavy atom. The number of benzene rings is 2. The van der Waals surface area contributed by atoms with Crippen molar-refractivity contribution in [2.24, 2.45) is 5.92 Å². The van der Waals surface area contributed by atoms with Crippen molar-refractivity contribution in [3.05, 3.63) is 70.2 Å². The van der Waals surface area contributed by atoms with Gasteiger partial charge in [0.15, 0.2) is 0 Å². The Hall–Kier alpha value is -2.77. The molecule has 2 aromatic carbocycles. The fourth-order valence-corrected chi connectivity index (χ4v) is 4.01. The summed E-state index contributed by atoms with van der Waals surface area (Å²) < 4.78 is 0. The fraction of sp³-hybridized carbons (Fsp3) is 0.200. The van der Waals surface area contributed by atoms with E-state index < -0.39 is 5.92 Å². The van der Waals surface area contributed by atoms with Gasteiger partial charge in [0.1, 0.15) is 5.01 Å². The molecule has 0 radical (unpaired) electrons. The molecular weight excluding hydrogens is 396 g/mol. The van der Waals surface area contributed by atoms with Gasteiger partial charge in [-0.15, -0.1) is 10.2 Å². The SMILES string of the molecule is O=C(Nc1nnc(Cc2ccccc2)s1)[C@@H]1CC(=O)N(c2ccc(Cl)cc2)C1. The van der Waals surface area contributed by atoms with Crippen LogP contribution in [0, 0.1) is 5.92 Å². The van der Waals surface area contributed by atoms with Crippen LogP contribution in [-0.4, -0.2) is 28.6 Å². The van der Waals surface area contributed by atoms with E-state index in [0.29, 0.717) is 23.1 Å². The van der Waals surface area contributed by atoms with E-state index in [2.05, 4.69) is 15.5 Å². The molecule has 1 saturated heterocycles. The Labute approximate surface area is 171 Å². The number of hydrogen-bond acceptors (Lipinski definition) is 5. The standard InChI is InChI=1S/C20H17ClN4O2S/c21-15-6-8-16(9-7-15)25-12-14(11-18(25)26)19(27)22-20-24-23-17(28-20)10-13-4-2-1-3-5-13/h1-9,14H,10-12H2,(H,22,24,27)/t14-/m1/s1. The zero-order valence-electron chi connectivity index (χ0n) is 14.8. The van der Waals surface area contributed by atoms with Crippen molar-refractivity contribution in [1.82, 2.24) is 10.2 Å². The van der Waals surface area contributed by atoms with Crippen LogP contribution in [0.5, 0.6) is 0 Å². The smallest absolute Gasteiger partial charge is 0.231 e. The Bertz CT molecular complexity index is 991. The zero-order chi connectivity index (χ0) is 19.5. The lowest BCUT2D eigenvalue weighted by Crippen LogP contribution is -2.28. The Balaban J connectivity index is 1.38. The molecular formula is C20H17ClN4O2S. The van der Waals surface area contributed by atoms with Gasteiger partial charge in [0, 0.05) is 30.1 Å². The quantitative estimate of drug-likeness (QED) is 0.692. The molecule has 0 saturated carbocycles. The van der Waals surface area contributed by atoms with Crippen LogP contribution in [0.15, 0.2) is 54.6 Å². The van der Waals surface area contributed by atoms with Crippen molar-refractivity contribution in [2.75, 3.05) is 16.8 Å². The van der Waals surface area contributed by atoms with E-state index in [-0.39, 0.29) is 18.2 Å². The first-order chi connectivity index (χ1) is 13.6. The zero-order valence-corrected chi connectivity index (χ0v) is 16.4. The first kappa shape index (κ1) is 18.6. The molecule has 142 valence electrons.